The Morgan fingerprint density at radius 2 is 1.72 bits per heavy atom. The van der Waals surface area contributed by atoms with Gasteiger partial charge in [-0.05, 0) is 61.9 Å². The summed E-state index contributed by atoms with van der Waals surface area (Å²) < 4.78 is 58.1. The molecule has 20 heteroatoms. The van der Waals surface area contributed by atoms with Crippen LogP contribution >= 0.6 is 0 Å². The van der Waals surface area contributed by atoms with Crippen molar-refractivity contribution >= 4 is 40.8 Å². The summed E-state index contributed by atoms with van der Waals surface area (Å²) in [5.41, 5.74) is 5.16. The van der Waals surface area contributed by atoms with Crippen LogP contribution in [0, 0.1) is 11.7 Å². The molecule has 302 valence electrons. The van der Waals surface area contributed by atoms with E-state index >= 15 is 4.39 Å². The second-order valence-corrected chi connectivity index (χ2v) is 14.6. The number of piperidine rings is 2. The number of piperazine rings is 1. The van der Waals surface area contributed by atoms with Crippen LogP contribution in [0.5, 0.6) is 0 Å². The Morgan fingerprint density at radius 1 is 0.947 bits per heavy atom. The van der Waals surface area contributed by atoms with Gasteiger partial charge in [-0.25, -0.2) is 14.5 Å². The highest BCUT2D eigenvalue weighted by molar-refractivity contribution is 5.96. The molecule has 3 aliphatic rings. The number of nitrogens with one attached hydrogen (secondary N) is 3. The largest absolute Gasteiger partial charge is 0.419 e. The number of H-pyrrole nitrogens is 1. The number of carbonyl (C=O) groups is 2. The molecular weight excluding hydrogens is 750 g/mol. The first-order chi connectivity index (χ1) is 27.3. The molecule has 57 heavy (non-hydrogen) atoms. The number of anilines is 5. The number of amides is 2. The summed E-state index contributed by atoms with van der Waals surface area (Å²) in [5.74, 6) is -0.996. The van der Waals surface area contributed by atoms with E-state index in [2.05, 4.69) is 45.9 Å². The maximum absolute atomic E-state index is 15.6. The van der Waals surface area contributed by atoms with E-state index in [4.69, 9.17) is 5.73 Å². The highest BCUT2D eigenvalue weighted by Gasteiger charge is 2.37. The van der Waals surface area contributed by atoms with Crippen molar-refractivity contribution < 1.29 is 27.2 Å². The number of carbonyl (C=O) groups excluding carboxylic acids is 2. The summed E-state index contributed by atoms with van der Waals surface area (Å²) in [6.45, 7) is 6.73. The number of rotatable bonds is 10. The molecule has 16 nitrogen and oxygen atoms in total. The van der Waals surface area contributed by atoms with E-state index in [0.717, 1.165) is 25.5 Å². The molecule has 1 aromatic carbocycles. The van der Waals surface area contributed by atoms with Gasteiger partial charge in [-0.2, -0.15) is 23.3 Å². The Labute approximate surface area is 324 Å². The van der Waals surface area contributed by atoms with Gasteiger partial charge >= 0.3 is 6.18 Å². The van der Waals surface area contributed by atoms with Gasteiger partial charge < -0.3 is 31.1 Å². The van der Waals surface area contributed by atoms with Crippen molar-refractivity contribution in [3.8, 4) is 11.3 Å². The van der Waals surface area contributed by atoms with Crippen molar-refractivity contribution in [2.75, 3.05) is 78.9 Å². The number of nitrogens with zero attached hydrogens (tertiary/aromatic N) is 9. The zero-order chi connectivity index (χ0) is 40.3. The molecule has 3 aromatic heterocycles. The van der Waals surface area contributed by atoms with Crippen LogP contribution in [0.15, 0.2) is 47.4 Å². The van der Waals surface area contributed by atoms with Crippen LogP contribution in [-0.4, -0.2) is 112 Å². The van der Waals surface area contributed by atoms with Crippen LogP contribution in [0.2, 0.25) is 0 Å². The van der Waals surface area contributed by atoms with Crippen molar-refractivity contribution in [2.24, 2.45) is 11.7 Å². The van der Waals surface area contributed by atoms with Gasteiger partial charge in [0.15, 0.2) is 11.5 Å². The molecule has 3 aliphatic heterocycles. The van der Waals surface area contributed by atoms with Crippen molar-refractivity contribution in [3.63, 3.8) is 0 Å². The third-order valence-corrected chi connectivity index (χ3v) is 10.5. The van der Waals surface area contributed by atoms with E-state index in [1.54, 1.807) is 17.0 Å². The van der Waals surface area contributed by atoms with Crippen LogP contribution < -0.4 is 36.6 Å². The first-order valence-corrected chi connectivity index (χ1v) is 18.8. The summed E-state index contributed by atoms with van der Waals surface area (Å²) >= 11 is 0. The number of halogens is 4. The van der Waals surface area contributed by atoms with Crippen LogP contribution in [0.3, 0.4) is 0 Å². The molecule has 1 atom stereocenters. The van der Waals surface area contributed by atoms with Crippen LogP contribution in [0.4, 0.5) is 46.5 Å². The normalized spacial score (nSPS) is 18.4. The Morgan fingerprint density at radius 3 is 2.39 bits per heavy atom. The van der Waals surface area contributed by atoms with Crippen molar-refractivity contribution in [3.05, 3.63) is 70.0 Å². The highest BCUT2D eigenvalue weighted by Crippen LogP contribution is 2.39. The van der Waals surface area contributed by atoms with Crippen molar-refractivity contribution in [1.82, 2.24) is 40.6 Å². The van der Waals surface area contributed by atoms with E-state index in [-0.39, 0.29) is 52.4 Å². The first kappa shape index (κ1) is 39.3. The fourth-order valence-electron chi connectivity index (χ4n) is 7.67. The second kappa shape index (κ2) is 16.7. The van der Waals surface area contributed by atoms with Gasteiger partial charge in [-0.15, -0.1) is 10.2 Å². The summed E-state index contributed by atoms with van der Waals surface area (Å²) in [6.07, 6.45) is -0.295. The van der Waals surface area contributed by atoms with E-state index < -0.39 is 29.0 Å². The average Bonchev–Trinajstić information content (AvgIpc) is 3.18. The molecule has 3 saturated heterocycles. The topological polar surface area (TPSA) is 194 Å². The summed E-state index contributed by atoms with van der Waals surface area (Å²) in [6, 6.07) is 8.16. The zero-order valence-electron chi connectivity index (χ0n) is 31.2. The maximum atomic E-state index is 15.6. The third kappa shape index (κ3) is 9.38. The molecule has 5 N–H and O–H groups in total. The molecule has 7 rings (SSSR count). The number of hydrogen-bond acceptors (Lipinski definition) is 13. The number of nitrogens with two attached hydrogens (primary N) is 1. The lowest BCUT2D eigenvalue weighted by atomic mass is 9.95. The Balaban J connectivity index is 0.929. The van der Waals surface area contributed by atoms with Crippen molar-refractivity contribution in [2.45, 2.75) is 44.8 Å². The second-order valence-electron chi connectivity index (χ2n) is 14.6. The number of hydrogen-bond donors (Lipinski definition) is 4. The highest BCUT2D eigenvalue weighted by atomic mass is 19.4. The number of pyridine rings is 1. The summed E-state index contributed by atoms with van der Waals surface area (Å²) in [7, 11) is 0. The SMILES string of the molecule is CC(=O)N[C@@H]1CCCN(c2nnc(C(N)=O)c(Nc3ccc(N4CCN(CC5CCN(c6ncc(-c7ccc(=O)[nH]n7)cc6C(F)(F)F)CC5)CC4)c(F)c3)n2)C1. The molecule has 0 unspecified atom stereocenters. The minimum absolute atomic E-state index is 0.0379. The van der Waals surface area contributed by atoms with E-state index in [1.807, 2.05) is 9.80 Å². The minimum Gasteiger partial charge on any atom is -0.367 e. The van der Waals surface area contributed by atoms with E-state index in [1.165, 1.54) is 31.3 Å². The first-order valence-electron chi connectivity index (χ1n) is 18.8. The maximum Gasteiger partial charge on any atom is 0.419 e. The van der Waals surface area contributed by atoms with Gasteiger partial charge in [-0.1, -0.05) is 0 Å². The smallest absolute Gasteiger partial charge is 0.367 e. The average molecular weight is 794 g/mol. The lowest BCUT2D eigenvalue weighted by molar-refractivity contribution is -0.137. The molecule has 0 bridgehead atoms. The molecule has 6 heterocycles. The summed E-state index contributed by atoms with van der Waals surface area (Å²) in [4.78, 5) is 51.6. The summed E-state index contributed by atoms with van der Waals surface area (Å²) in [5, 5.41) is 20.1. The van der Waals surface area contributed by atoms with E-state index in [0.29, 0.717) is 76.6 Å². The number of benzene rings is 1. The van der Waals surface area contributed by atoms with Gasteiger partial charge in [0.1, 0.15) is 11.6 Å². The van der Waals surface area contributed by atoms with Gasteiger partial charge in [0.2, 0.25) is 11.9 Å². The fraction of sp³-hybridized carbons (Fsp3) is 0.459. The Kier molecular flexibility index (Phi) is 11.5. The minimum atomic E-state index is -4.63. The molecule has 0 spiro atoms. The Hall–Kier alpha value is -5.92. The molecule has 3 fully saturated rings. The Bertz CT molecular complexity index is 2130. The monoisotopic (exact) mass is 793 g/mol. The van der Waals surface area contributed by atoms with Gasteiger partial charge in [0.25, 0.3) is 11.5 Å². The zero-order valence-corrected chi connectivity index (χ0v) is 31.2. The molecular formula is C37H43F4N13O3. The molecule has 0 saturated carbocycles. The molecule has 2 amide bonds. The van der Waals surface area contributed by atoms with Gasteiger partial charge in [-0.3, -0.25) is 19.3 Å². The quantitative estimate of drug-likeness (QED) is 0.171. The molecule has 4 aromatic rings. The lowest BCUT2D eigenvalue weighted by Crippen LogP contribution is -2.49. The van der Waals surface area contributed by atoms with Gasteiger partial charge in [0.05, 0.1) is 16.9 Å². The van der Waals surface area contributed by atoms with Crippen LogP contribution in [-0.2, 0) is 11.0 Å². The third-order valence-electron chi connectivity index (χ3n) is 10.5. The predicted octanol–water partition coefficient (Wildman–Crippen LogP) is 3.16. The van der Waals surface area contributed by atoms with Gasteiger partial charge in [0, 0.05) is 95.4 Å². The predicted molar refractivity (Wildman–Crippen MR) is 204 cm³/mol. The van der Waals surface area contributed by atoms with Crippen molar-refractivity contribution in [1.29, 1.82) is 0 Å². The van der Waals surface area contributed by atoms with E-state index in [9.17, 15) is 27.6 Å². The van der Waals surface area contributed by atoms with Crippen LogP contribution in [0.25, 0.3) is 11.3 Å². The number of aromatic nitrogens is 6. The molecule has 0 radical (unpaired) electrons. The fourth-order valence-corrected chi connectivity index (χ4v) is 7.67. The number of primary amides is 1. The number of aromatic amines is 1. The lowest BCUT2D eigenvalue weighted by Gasteiger charge is -2.40. The molecule has 0 aliphatic carbocycles. The standard InChI is InChI=1S/C37H43F4N13O3/c1-22(55)44-26-3-2-10-54(21-26)36-46-34(32(33(42)57)49-50-36)45-25-4-6-30(28(38)18-25)52-15-13-51(14-16-52)20-23-8-11-53(12-9-23)35-27(37(39,40)41)17-24(19-43-35)29-5-7-31(56)48-47-29/h4-7,17-19,23,26H,2-3,8-16,20-21H2,1H3,(H2,42,57)(H,44,55)(H,48,56)(H,45,46,50)/t26-/m1/s1. The number of alkyl halides is 3. The van der Waals surface area contributed by atoms with Crippen LogP contribution in [0.1, 0.15) is 48.7 Å².